The molecule has 6 nitrogen and oxygen atoms in total. The lowest BCUT2D eigenvalue weighted by molar-refractivity contribution is 0.226. The molecule has 8 heteroatoms. The molecular formula is C20H30FN3O3S. The Morgan fingerprint density at radius 3 is 2.79 bits per heavy atom. The van der Waals surface area contributed by atoms with Crippen molar-refractivity contribution in [2.24, 2.45) is 0 Å². The van der Waals surface area contributed by atoms with Crippen LogP contribution in [0.15, 0.2) is 22.6 Å². The Morgan fingerprint density at radius 2 is 2.11 bits per heavy atom. The first kappa shape index (κ1) is 22.4. The van der Waals surface area contributed by atoms with Crippen LogP contribution >= 0.6 is 0 Å². The van der Waals surface area contributed by atoms with Gasteiger partial charge in [-0.2, -0.15) is 0 Å². The molecule has 0 radical (unpaired) electrons. The molecule has 28 heavy (non-hydrogen) atoms. The van der Waals surface area contributed by atoms with Gasteiger partial charge in [-0.3, -0.25) is 0 Å². The maximum Gasteiger partial charge on any atom is 0.315 e. The minimum Gasteiger partial charge on any atom is -0.459 e. The number of nitrogens with zero attached hydrogens (tertiary/aromatic N) is 1. The summed E-state index contributed by atoms with van der Waals surface area (Å²) >= 11 is 0. The molecule has 2 aromatic rings. The molecule has 2 N–H and O–H groups in total. The average Bonchev–Trinajstić information content (AvgIpc) is 2.96. The first-order chi connectivity index (χ1) is 13.3. The minimum absolute atomic E-state index is 0.0245. The van der Waals surface area contributed by atoms with Gasteiger partial charge in [0.05, 0.1) is 17.5 Å². The number of fused-ring (bicyclic) bond motifs is 1. The Balaban J connectivity index is 0.000000878. The average molecular weight is 412 g/mol. The molecule has 2 amide bonds. The van der Waals surface area contributed by atoms with Crippen LogP contribution in [0.25, 0.3) is 11.0 Å². The fraction of sp³-hybridized carbons (Fsp3) is 0.550. The molecule has 2 heterocycles. The lowest BCUT2D eigenvalue weighted by Crippen LogP contribution is -2.50. The number of amides is 2. The Labute approximate surface area is 168 Å². The summed E-state index contributed by atoms with van der Waals surface area (Å²) in [6, 6.07) is 4.05. The molecule has 0 bridgehead atoms. The SMILES string of the molecule is CCC.Cc1c(CNC(=O)NC2CCCN(S(C)=O)C2)oc2ccc(F)cc12. The standard InChI is InChI=1S/C17H22FN3O3S.C3H8/c1-11-14-8-12(18)5-6-15(14)24-16(11)9-19-17(22)20-13-4-3-7-21(10-13)25(2)23;1-3-2/h5-6,8,13H,3-4,7,9-10H2,1-2H3,(H2,19,20,22);3H2,1-2H3. The van der Waals surface area contributed by atoms with E-state index < -0.39 is 11.0 Å². The van der Waals surface area contributed by atoms with Gasteiger partial charge in [0.15, 0.2) is 0 Å². The summed E-state index contributed by atoms with van der Waals surface area (Å²) in [6.45, 7) is 7.69. The van der Waals surface area contributed by atoms with Gasteiger partial charge >= 0.3 is 6.03 Å². The van der Waals surface area contributed by atoms with E-state index in [0.29, 0.717) is 23.3 Å². The third-order valence-corrected chi connectivity index (χ3v) is 5.55. The van der Waals surface area contributed by atoms with Crippen LogP contribution in [0.5, 0.6) is 0 Å². The molecule has 156 valence electrons. The van der Waals surface area contributed by atoms with E-state index in [2.05, 4.69) is 24.5 Å². The number of aryl methyl sites for hydroxylation is 1. The van der Waals surface area contributed by atoms with E-state index in [-0.39, 0.29) is 24.4 Å². The van der Waals surface area contributed by atoms with E-state index in [1.165, 1.54) is 18.6 Å². The zero-order valence-electron chi connectivity index (χ0n) is 17.0. The lowest BCUT2D eigenvalue weighted by atomic mass is 10.1. The normalized spacial score (nSPS) is 18.2. The van der Waals surface area contributed by atoms with Crippen LogP contribution in [-0.2, 0) is 17.5 Å². The highest BCUT2D eigenvalue weighted by Crippen LogP contribution is 2.25. The van der Waals surface area contributed by atoms with Crippen molar-refractivity contribution in [3.63, 3.8) is 0 Å². The molecule has 1 fully saturated rings. The molecule has 1 aromatic heterocycles. The zero-order valence-corrected chi connectivity index (χ0v) is 17.8. The van der Waals surface area contributed by atoms with Gasteiger partial charge in [-0.25, -0.2) is 17.7 Å². The van der Waals surface area contributed by atoms with Gasteiger partial charge in [0.25, 0.3) is 0 Å². The molecule has 1 aromatic carbocycles. The van der Waals surface area contributed by atoms with Gasteiger partial charge in [-0.15, -0.1) is 0 Å². The van der Waals surface area contributed by atoms with Crippen molar-refractivity contribution in [3.05, 3.63) is 35.3 Å². The summed E-state index contributed by atoms with van der Waals surface area (Å²) in [4.78, 5) is 12.1. The number of carbonyl (C=O) groups is 1. The van der Waals surface area contributed by atoms with Gasteiger partial charge < -0.3 is 15.1 Å². The number of urea groups is 1. The minimum atomic E-state index is -1.02. The number of furan rings is 1. The predicted octanol–water partition coefficient (Wildman–Crippen LogP) is 3.85. The van der Waals surface area contributed by atoms with E-state index in [4.69, 9.17) is 4.42 Å². The van der Waals surface area contributed by atoms with Crippen molar-refractivity contribution >= 4 is 28.0 Å². The lowest BCUT2D eigenvalue weighted by Gasteiger charge is -2.31. The molecular weight excluding hydrogens is 381 g/mol. The van der Waals surface area contributed by atoms with E-state index >= 15 is 0 Å². The molecule has 1 aliphatic heterocycles. The number of halogens is 1. The second kappa shape index (κ2) is 10.6. The summed E-state index contributed by atoms with van der Waals surface area (Å²) in [5.41, 5.74) is 1.42. The number of nitrogens with one attached hydrogen (secondary N) is 2. The maximum absolute atomic E-state index is 13.3. The largest absolute Gasteiger partial charge is 0.459 e. The number of hydrogen-bond donors (Lipinski definition) is 2. The number of piperidine rings is 1. The summed E-state index contributed by atoms with van der Waals surface area (Å²) < 4.78 is 32.4. The second-order valence-corrected chi connectivity index (χ2v) is 8.34. The van der Waals surface area contributed by atoms with Crippen molar-refractivity contribution < 1.29 is 17.8 Å². The molecule has 0 spiro atoms. The number of benzene rings is 1. The van der Waals surface area contributed by atoms with Gasteiger partial charge in [0, 0.05) is 36.3 Å². The quantitative estimate of drug-likeness (QED) is 0.802. The monoisotopic (exact) mass is 411 g/mol. The van der Waals surface area contributed by atoms with Crippen LogP contribution in [-0.4, -0.2) is 39.9 Å². The van der Waals surface area contributed by atoms with Gasteiger partial charge in [0.2, 0.25) is 0 Å². The number of hydrogen-bond acceptors (Lipinski definition) is 3. The maximum atomic E-state index is 13.3. The van der Waals surface area contributed by atoms with Gasteiger partial charge in [-0.05, 0) is 38.0 Å². The summed E-state index contributed by atoms with van der Waals surface area (Å²) in [5.74, 6) is 0.291. The highest BCUT2D eigenvalue weighted by molar-refractivity contribution is 7.81. The second-order valence-electron chi connectivity index (χ2n) is 6.98. The van der Waals surface area contributed by atoms with Crippen LogP contribution in [0.4, 0.5) is 9.18 Å². The molecule has 0 saturated carbocycles. The predicted molar refractivity (Wildman–Crippen MR) is 111 cm³/mol. The summed E-state index contributed by atoms with van der Waals surface area (Å²) in [5, 5.41) is 6.40. The van der Waals surface area contributed by atoms with Crippen molar-refractivity contribution in [2.45, 2.75) is 52.6 Å². The van der Waals surface area contributed by atoms with Crippen LogP contribution in [0, 0.1) is 12.7 Å². The number of carbonyl (C=O) groups excluding carboxylic acids is 1. The van der Waals surface area contributed by atoms with E-state index in [0.717, 1.165) is 24.9 Å². The fourth-order valence-corrected chi connectivity index (χ4v) is 3.88. The van der Waals surface area contributed by atoms with Crippen molar-refractivity contribution in [3.8, 4) is 0 Å². The zero-order chi connectivity index (χ0) is 20.7. The smallest absolute Gasteiger partial charge is 0.315 e. The summed E-state index contributed by atoms with van der Waals surface area (Å²) in [6.07, 6.45) is 4.67. The van der Waals surface area contributed by atoms with Crippen LogP contribution < -0.4 is 10.6 Å². The Morgan fingerprint density at radius 1 is 1.39 bits per heavy atom. The fourth-order valence-electron chi connectivity index (χ4n) is 3.10. The molecule has 1 saturated heterocycles. The first-order valence-corrected chi connectivity index (χ1v) is 11.2. The van der Waals surface area contributed by atoms with Crippen molar-refractivity contribution in [2.75, 3.05) is 19.3 Å². The van der Waals surface area contributed by atoms with Crippen LogP contribution in [0.3, 0.4) is 0 Å². The van der Waals surface area contributed by atoms with Gasteiger partial charge in [0.1, 0.15) is 17.2 Å². The third kappa shape index (κ3) is 6.04. The molecule has 0 aliphatic carbocycles. The van der Waals surface area contributed by atoms with E-state index in [1.807, 2.05) is 11.2 Å². The van der Waals surface area contributed by atoms with E-state index in [1.54, 1.807) is 12.3 Å². The van der Waals surface area contributed by atoms with Crippen molar-refractivity contribution in [1.29, 1.82) is 0 Å². The molecule has 2 unspecified atom stereocenters. The highest BCUT2D eigenvalue weighted by Gasteiger charge is 2.23. The molecule has 3 rings (SSSR count). The van der Waals surface area contributed by atoms with Crippen molar-refractivity contribution in [1.82, 2.24) is 14.9 Å². The Kier molecular flexibility index (Phi) is 8.44. The Bertz CT molecular complexity index is 824. The van der Waals surface area contributed by atoms with E-state index in [9.17, 15) is 13.4 Å². The van der Waals surface area contributed by atoms with Gasteiger partial charge in [-0.1, -0.05) is 20.3 Å². The van der Waals surface area contributed by atoms with Crippen LogP contribution in [0.2, 0.25) is 0 Å². The molecule has 1 aliphatic rings. The first-order valence-electron chi connectivity index (χ1n) is 9.66. The molecule has 2 atom stereocenters. The summed E-state index contributed by atoms with van der Waals surface area (Å²) in [7, 11) is -1.02. The highest BCUT2D eigenvalue weighted by atomic mass is 32.2. The number of rotatable bonds is 4. The van der Waals surface area contributed by atoms with Crippen LogP contribution in [0.1, 0.15) is 44.4 Å². The Hall–Kier alpha value is -1.93. The third-order valence-electron chi connectivity index (χ3n) is 4.49. The topological polar surface area (TPSA) is 74.6 Å².